The van der Waals surface area contributed by atoms with E-state index in [0.29, 0.717) is 0 Å². The summed E-state index contributed by atoms with van der Waals surface area (Å²) in [6.07, 6.45) is 0. The van der Waals surface area contributed by atoms with Crippen LogP contribution in [0.25, 0.3) is 0 Å². The van der Waals surface area contributed by atoms with Gasteiger partial charge in [-0.2, -0.15) is 13.2 Å². The number of hydrogen-bond acceptors (Lipinski definition) is 6. The summed E-state index contributed by atoms with van der Waals surface area (Å²) in [4.78, 5) is 13.8. The molecule has 0 amide bonds. The third-order valence-corrected chi connectivity index (χ3v) is 6.64. The van der Waals surface area contributed by atoms with Crippen molar-refractivity contribution < 1.29 is 35.8 Å². The summed E-state index contributed by atoms with van der Waals surface area (Å²) in [5, 5.41) is 10.9. The molecule has 0 aliphatic heterocycles. The Balaban J connectivity index is 0.000000390. The lowest BCUT2D eigenvalue weighted by Crippen LogP contribution is -2.21. The fraction of sp³-hybridized carbons (Fsp3) is 0.100. The number of nitrogens with zero attached hydrogens (tertiary/aromatic N) is 1. The lowest BCUT2D eigenvalue weighted by Gasteiger charge is -2.08. The normalized spacial score (nSPS) is 12.3. The van der Waals surface area contributed by atoms with Crippen LogP contribution in [-0.2, 0) is 21.0 Å². The minimum atomic E-state index is -6.09. The highest BCUT2D eigenvalue weighted by atomic mass is 32.2. The second-order valence-corrected chi connectivity index (χ2v) is 9.34. The zero-order valence-electron chi connectivity index (χ0n) is 16.4. The van der Waals surface area contributed by atoms with Crippen molar-refractivity contribution in [3.8, 4) is 5.75 Å². The molecule has 0 aromatic heterocycles. The van der Waals surface area contributed by atoms with Crippen LogP contribution in [-0.4, -0.2) is 30.5 Å². The second-order valence-electron chi connectivity index (χ2n) is 5.95. The molecule has 3 aromatic rings. The molecular weight excluding hydrogens is 471 g/mol. The van der Waals surface area contributed by atoms with Gasteiger partial charge in [0.05, 0.1) is 22.9 Å². The SMILES string of the molecule is COc1ccc([S+](c2ccccc2)c2ccc([N+](=O)[O-])cc2)cc1.O=S(=O)([O-])C(F)(F)F. The zero-order chi connectivity index (χ0) is 23.9. The Kier molecular flexibility index (Phi) is 8.25. The first-order chi connectivity index (χ1) is 14.9. The number of non-ortho nitro benzene ring substituents is 1. The van der Waals surface area contributed by atoms with Crippen molar-refractivity contribution >= 4 is 26.7 Å². The Labute approximate surface area is 184 Å². The van der Waals surface area contributed by atoms with Crippen LogP contribution in [0, 0.1) is 10.1 Å². The molecule has 0 N–H and O–H groups in total. The average molecular weight is 487 g/mol. The molecule has 0 saturated heterocycles. The van der Waals surface area contributed by atoms with Gasteiger partial charge in [-0.25, -0.2) is 8.42 Å². The van der Waals surface area contributed by atoms with Crippen molar-refractivity contribution in [1.82, 2.24) is 0 Å². The van der Waals surface area contributed by atoms with E-state index >= 15 is 0 Å². The molecule has 0 fully saturated rings. The molecule has 3 aromatic carbocycles. The molecule has 0 heterocycles. The predicted octanol–water partition coefficient (Wildman–Crippen LogP) is 4.75. The van der Waals surface area contributed by atoms with Crippen LogP contribution in [0.1, 0.15) is 0 Å². The number of rotatable bonds is 5. The van der Waals surface area contributed by atoms with Crippen molar-refractivity contribution in [3.05, 3.63) is 89.0 Å². The van der Waals surface area contributed by atoms with Crippen LogP contribution in [0.5, 0.6) is 5.75 Å². The Morgan fingerprint density at radius 2 is 1.25 bits per heavy atom. The van der Waals surface area contributed by atoms with Gasteiger partial charge in [-0.15, -0.1) is 0 Å². The van der Waals surface area contributed by atoms with Crippen molar-refractivity contribution in [2.45, 2.75) is 20.2 Å². The van der Waals surface area contributed by atoms with Gasteiger partial charge in [0.1, 0.15) is 5.75 Å². The third kappa shape index (κ3) is 6.70. The number of benzene rings is 3. The van der Waals surface area contributed by atoms with Crippen LogP contribution in [0.2, 0.25) is 0 Å². The first kappa shape index (κ1) is 25.2. The Morgan fingerprint density at radius 1 is 0.844 bits per heavy atom. The smallest absolute Gasteiger partial charge is 0.485 e. The fourth-order valence-corrected chi connectivity index (χ4v) is 4.44. The molecule has 0 spiro atoms. The molecule has 0 saturated carbocycles. The van der Waals surface area contributed by atoms with Crippen LogP contribution in [0.4, 0.5) is 18.9 Å². The molecule has 0 aliphatic rings. The first-order valence-corrected chi connectivity index (χ1v) is 11.3. The van der Waals surface area contributed by atoms with Crippen LogP contribution >= 0.6 is 0 Å². The second kappa shape index (κ2) is 10.5. The van der Waals surface area contributed by atoms with E-state index in [0.717, 1.165) is 20.4 Å². The molecule has 1 unspecified atom stereocenters. The number of nitro groups is 1. The van der Waals surface area contributed by atoms with E-state index in [-0.39, 0.29) is 21.5 Å². The number of halogens is 3. The maximum Gasteiger partial charge on any atom is 0.485 e. The van der Waals surface area contributed by atoms with Crippen LogP contribution in [0.15, 0.2) is 93.5 Å². The van der Waals surface area contributed by atoms with Crippen LogP contribution < -0.4 is 4.74 Å². The monoisotopic (exact) mass is 487 g/mol. The number of hydrogen-bond donors (Lipinski definition) is 0. The molecule has 1 atom stereocenters. The maximum absolute atomic E-state index is 10.9. The zero-order valence-corrected chi connectivity index (χ0v) is 18.0. The Morgan fingerprint density at radius 3 is 1.62 bits per heavy atom. The largest absolute Gasteiger partial charge is 0.741 e. The number of alkyl halides is 3. The minimum Gasteiger partial charge on any atom is -0.741 e. The predicted molar refractivity (Wildman–Crippen MR) is 110 cm³/mol. The van der Waals surface area contributed by atoms with Gasteiger partial charge < -0.3 is 9.29 Å². The van der Waals surface area contributed by atoms with Gasteiger partial charge in [-0.1, -0.05) is 18.2 Å². The van der Waals surface area contributed by atoms with E-state index < -0.39 is 15.6 Å². The van der Waals surface area contributed by atoms with E-state index in [9.17, 15) is 23.3 Å². The lowest BCUT2D eigenvalue weighted by atomic mass is 10.3. The Hall–Kier alpha value is -3.09. The highest BCUT2D eigenvalue weighted by Gasteiger charge is 2.37. The van der Waals surface area contributed by atoms with Gasteiger partial charge in [-0.3, -0.25) is 10.1 Å². The van der Waals surface area contributed by atoms with Crippen LogP contribution in [0.3, 0.4) is 0 Å². The van der Waals surface area contributed by atoms with Crippen molar-refractivity contribution in [3.63, 3.8) is 0 Å². The van der Waals surface area contributed by atoms with Gasteiger partial charge in [0.2, 0.25) is 0 Å². The summed E-state index contributed by atoms with van der Waals surface area (Å²) in [5.74, 6) is 0.805. The molecule has 3 rings (SSSR count). The quantitative estimate of drug-likeness (QED) is 0.169. The summed E-state index contributed by atoms with van der Waals surface area (Å²) in [5.41, 5.74) is -5.54. The van der Waals surface area contributed by atoms with Crippen molar-refractivity contribution in [2.75, 3.05) is 7.11 Å². The molecule has 32 heavy (non-hydrogen) atoms. The van der Waals surface area contributed by atoms with Crippen molar-refractivity contribution in [1.29, 1.82) is 0 Å². The lowest BCUT2D eigenvalue weighted by molar-refractivity contribution is -0.384. The molecule has 0 radical (unpaired) electrons. The van der Waals surface area contributed by atoms with Gasteiger partial charge in [0, 0.05) is 24.3 Å². The average Bonchev–Trinajstić information content (AvgIpc) is 2.75. The van der Waals surface area contributed by atoms with E-state index in [1.165, 1.54) is 0 Å². The highest BCUT2D eigenvalue weighted by Crippen LogP contribution is 2.32. The summed E-state index contributed by atoms with van der Waals surface area (Å²) in [6.45, 7) is 0. The molecular formula is C20H16F3NO6S2. The number of methoxy groups -OCH3 is 1. The van der Waals surface area contributed by atoms with E-state index in [1.807, 2.05) is 54.6 Å². The molecule has 0 aliphatic carbocycles. The number of nitro benzene ring substituents is 1. The summed E-state index contributed by atoms with van der Waals surface area (Å²) in [7, 11) is -4.77. The van der Waals surface area contributed by atoms with E-state index in [4.69, 9.17) is 17.7 Å². The number of ether oxygens (including phenoxy) is 1. The van der Waals surface area contributed by atoms with E-state index in [1.54, 1.807) is 19.2 Å². The minimum absolute atomic E-state index is 0.102. The standard InChI is InChI=1S/C19H16NO3S.CHF3O3S/c1-23-16-9-13-19(14-10-16)24(17-5-3-2-4-6-17)18-11-7-15(8-12-18)20(21)22;2-1(3,4)8(5,6)7/h2-14H,1H3;(H,5,6,7)/q+1;/p-1. The maximum atomic E-state index is 10.9. The summed E-state index contributed by atoms with van der Waals surface area (Å²) < 4.78 is 64.1. The summed E-state index contributed by atoms with van der Waals surface area (Å²) >= 11 is 0. The summed E-state index contributed by atoms with van der Waals surface area (Å²) in [6, 6.07) is 24.9. The van der Waals surface area contributed by atoms with Gasteiger partial charge in [-0.05, 0) is 36.4 Å². The first-order valence-electron chi connectivity index (χ1n) is 8.64. The van der Waals surface area contributed by atoms with Gasteiger partial charge >= 0.3 is 5.51 Å². The molecule has 0 bridgehead atoms. The fourth-order valence-electron chi connectivity index (χ4n) is 2.38. The van der Waals surface area contributed by atoms with E-state index in [2.05, 4.69) is 12.1 Å². The van der Waals surface area contributed by atoms with Crippen molar-refractivity contribution in [2.24, 2.45) is 0 Å². The molecule has 7 nitrogen and oxygen atoms in total. The molecule has 170 valence electrons. The van der Waals surface area contributed by atoms with Gasteiger partial charge in [0.15, 0.2) is 24.8 Å². The third-order valence-electron chi connectivity index (χ3n) is 3.84. The Bertz CT molecular complexity index is 1140. The highest BCUT2D eigenvalue weighted by molar-refractivity contribution is 7.97. The van der Waals surface area contributed by atoms with Gasteiger partial charge in [0.25, 0.3) is 5.69 Å². The molecule has 12 heteroatoms. The topological polar surface area (TPSA) is 110 Å².